The van der Waals surface area contributed by atoms with Crippen LogP contribution < -0.4 is 22.9 Å². The molecule has 0 bridgehead atoms. The second-order valence-electron chi connectivity index (χ2n) is 6.79. The second kappa shape index (κ2) is 9.14. The van der Waals surface area contributed by atoms with Gasteiger partial charge in [-0.2, -0.15) is 0 Å². The van der Waals surface area contributed by atoms with E-state index in [0.717, 1.165) is 0 Å². The molecule has 0 aliphatic heterocycles. The maximum atomic E-state index is 6.67. The number of nitrogens with two attached hydrogens (primary N) is 4. The van der Waals surface area contributed by atoms with Gasteiger partial charge in [0.1, 0.15) is 0 Å². The zero-order chi connectivity index (χ0) is 16.6. The van der Waals surface area contributed by atoms with Crippen LogP contribution in [-0.4, -0.2) is 30.1 Å². The maximum absolute atomic E-state index is 6.67. The molecule has 0 aliphatic rings. The van der Waals surface area contributed by atoms with Crippen LogP contribution in [0, 0.1) is 0 Å². The Balaban J connectivity index is 5.40. The fraction of sp³-hybridized carbons (Fsp3) is 1.00. The molecule has 0 rings (SSSR count). The van der Waals surface area contributed by atoms with Gasteiger partial charge in [0.25, 0.3) is 0 Å². The average Bonchev–Trinajstić information content (AvgIpc) is 2.39. The van der Waals surface area contributed by atoms with Crippen LogP contribution in [0.15, 0.2) is 0 Å². The van der Waals surface area contributed by atoms with Gasteiger partial charge in [-0.1, -0.05) is 0 Å². The van der Waals surface area contributed by atoms with Crippen LogP contribution in [0.4, 0.5) is 0 Å². The normalized spacial score (nSPS) is 16.5. The molecule has 0 aromatic heterocycles. The summed E-state index contributed by atoms with van der Waals surface area (Å²) in [7, 11) is 0. The van der Waals surface area contributed by atoms with Crippen molar-refractivity contribution in [2.75, 3.05) is 18.5 Å². The molecule has 0 saturated carbocycles. The van der Waals surface area contributed by atoms with Crippen molar-refractivity contribution >= 4 is 20.8 Å². The fourth-order valence-electron chi connectivity index (χ4n) is 3.02. The van der Waals surface area contributed by atoms with E-state index in [1.807, 2.05) is 0 Å². The number of halogens is 1. The van der Waals surface area contributed by atoms with Crippen LogP contribution in [-0.2, 0) is 0 Å². The van der Waals surface area contributed by atoms with Gasteiger partial charge in [0.15, 0.2) is 0 Å². The first kappa shape index (κ1) is 21.8. The summed E-state index contributed by atoms with van der Waals surface area (Å²) in [5, 5.41) is -2.21. The summed E-state index contributed by atoms with van der Waals surface area (Å²) in [5.74, 6) is -1.19. The SMILES string of the molecule is CCCCP(Br)(CCCC)(CCCC)C(N)CC(N)(N)N. The van der Waals surface area contributed by atoms with E-state index in [-0.39, 0.29) is 5.78 Å². The van der Waals surface area contributed by atoms with Crippen molar-refractivity contribution in [1.29, 1.82) is 0 Å². The van der Waals surface area contributed by atoms with Gasteiger partial charge >= 0.3 is 140 Å². The molecule has 0 aliphatic carbocycles. The molecular weight excluding hydrogens is 347 g/mol. The molecule has 0 radical (unpaired) electrons. The van der Waals surface area contributed by atoms with E-state index >= 15 is 0 Å². The zero-order valence-electron chi connectivity index (χ0n) is 14.3. The molecule has 0 spiro atoms. The summed E-state index contributed by atoms with van der Waals surface area (Å²) in [5.41, 5.74) is 24.2. The molecule has 4 nitrogen and oxygen atoms in total. The van der Waals surface area contributed by atoms with Gasteiger partial charge < -0.3 is 0 Å². The molecule has 0 aromatic carbocycles. The average molecular weight is 385 g/mol. The summed E-state index contributed by atoms with van der Waals surface area (Å²) in [6.45, 7) is 6.70. The Morgan fingerprint density at radius 1 is 0.857 bits per heavy atom. The van der Waals surface area contributed by atoms with Crippen LogP contribution in [0.2, 0.25) is 0 Å². The monoisotopic (exact) mass is 384 g/mol. The third-order valence-corrected chi connectivity index (χ3v) is 15.3. The van der Waals surface area contributed by atoms with Crippen molar-refractivity contribution in [3.63, 3.8) is 0 Å². The van der Waals surface area contributed by atoms with Gasteiger partial charge in [-0.15, -0.1) is 0 Å². The van der Waals surface area contributed by atoms with Crippen molar-refractivity contribution in [2.24, 2.45) is 22.9 Å². The summed E-state index contributed by atoms with van der Waals surface area (Å²) >= 11 is 4.25. The van der Waals surface area contributed by atoms with Crippen molar-refractivity contribution < 1.29 is 0 Å². The van der Waals surface area contributed by atoms with Gasteiger partial charge in [0.05, 0.1) is 0 Å². The van der Waals surface area contributed by atoms with Gasteiger partial charge in [-0.05, 0) is 0 Å². The van der Waals surface area contributed by atoms with Crippen LogP contribution in [0.5, 0.6) is 0 Å². The van der Waals surface area contributed by atoms with Crippen LogP contribution >= 0.6 is 20.8 Å². The Kier molecular flexibility index (Phi) is 9.47. The minimum atomic E-state index is -2.21. The Morgan fingerprint density at radius 3 is 1.43 bits per heavy atom. The molecule has 21 heavy (non-hydrogen) atoms. The first-order chi connectivity index (χ1) is 9.61. The van der Waals surface area contributed by atoms with E-state index < -0.39 is 11.1 Å². The first-order valence-corrected chi connectivity index (χ1v) is 13.3. The van der Waals surface area contributed by atoms with Crippen molar-refractivity contribution in [1.82, 2.24) is 0 Å². The minimum absolute atomic E-state index is 0.0133. The van der Waals surface area contributed by atoms with Crippen molar-refractivity contribution in [2.45, 2.75) is 77.3 Å². The summed E-state index contributed by atoms with van der Waals surface area (Å²) in [6.07, 6.45) is 11.2. The topological polar surface area (TPSA) is 104 Å². The molecule has 0 fully saturated rings. The Labute approximate surface area is 139 Å². The van der Waals surface area contributed by atoms with E-state index in [1.165, 1.54) is 57.0 Å². The molecule has 8 N–H and O–H groups in total. The zero-order valence-corrected chi connectivity index (χ0v) is 16.8. The summed E-state index contributed by atoms with van der Waals surface area (Å²) < 4.78 is 0. The predicted molar refractivity (Wildman–Crippen MR) is 103 cm³/mol. The van der Waals surface area contributed by atoms with E-state index in [4.69, 9.17) is 22.9 Å². The Morgan fingerprint density at radius 2 is 1.19 bits per heavy atom. The fourth-order valence-corrected chi connectivity index (χ4v) is 11.3. The van der Waals surface area contributed by atoms with E-state index in [2.05, 4.69) is 36.3 Å². The Bertz CT molecular complexity index is 269. The molecule has 1 unspecified atom stereocenters. The van der Waals surface area contributed by atoms with E-state index in [9.17, 15) is 0 Å². The molecule has 0 amide bonds. The van der Waals surface area contributed by atoms with Crippen molar-refractivity contribution in [3.8, 4) is 0 Å². The second-order valence-corrected chi connectivity index (χ2v) is 17.9. The number of hydrogen-bond acceptors (Lipinski definition) is 4. The Hall–Kier alpha value is 0.750. The predicted octanol–water partition coefficient (Wildman–Crippen LogP) is 3.45. The molecule has 0 aromatic rings. The van der Waals surface area contributed by atoms with Gasteiger partial charge in [0.2, 0.25) is 0 Å². The number of unbranched alkanes of at least 4 members (excludes halogenated alkanes) is 3. The molecule has 0 heterocycles. The van der Waals surface area contributed by atoms with Gasteiger partial charge in [0, 0.05) is 0 Å². The van der Waals surface area contributed by atoms with E-state index in [1.54, 1.807) is 0 Å². The van der Waals surface area contributed by atoms with E-state index in [0.29, 0.717) is 6.42 Å². The molecule has 6 heteroatoms. The molecule has 0 saturated heterocycles. The third kappa shape index (κ3) is 7.24. The molecule has 130 valence electrons. The summed E-state index contributed by atoms with van der Waals surface area (Å²) in [6, 6.07) is 0. The number of rotatable bonds is 12. The van der Waals surface area contributed by atoms with Crippen LogP contribution in [0.1, 0.15) is 65.7 Å². The standard InChI is InChI=1S/C15H38BrN4P/c1-4-7-10-21(16,11-8-5-2,12-9-6-3)14(17)13-15(18,19)20/h14H,4-13,17-20H2,1-3H3. The van der Waals surface area contributed by atoms with Crippen LogP contribution in [0.25, 0.3) is 0 Å². The van der Waals surface area contributed by atoms with Crippen molar-refractivity contribution in [3.05, 3.63) is 0 Å². The molecular formula is C15H38BrN4P. The number of hydrogen-bond donors (Lipinski definition) is 4. The summed E-state index contributed by atoms with van der Waals surface area (Å²) in [4.78, 5) is 0. The van der Waals surface area contributed by atoms with Crippen LogP contribution in [0.3, 0.4) is 0 Å². The quantitative estimate of drug-likeness (QED) is 0.305. The molecule has 1 atom stereocenters. The third-order valence-electron chi connectivity index (χ3n) is 4.52. The first-order valence-electron chi connectivity index (χ1n) is 8.46. The van der Waals surface area contributed by atoms with Gasteiger partial charge in [-0.3, -0.25) is 0 Å². The van der Waals surface area contributed by atoms with Gasteiger partial charge in [-0.25, -0.2) is 0 Å².